The Balaban J connectivity index is 0.000000278. The third kappa shape index (κ3) is 6.70. The van der Waals surface area contributed by atoms with Crippen molar-refractivity contribution in [3.63, 3.8) is 0 Å². The Bertz CT molecular complexity index is 1120. The van der Waals surface area contributed by atoms with Gasteiger partial charge >= 0.3 is 26.2 Å². The van der Waals surface area contributed by atoms with Crippen molar-refractivity contribution in [3.05, 3.63) is 104 Å². The maximum absolute atomic E-state index is 3.49. The molecule has 0 atom stereocenters. The third-order valence-corrected chi connectivity index (χ3v) is 6.02. The van der Waals surface area contributed by atoms with Crippen molar-refractivity contribution >= 4 is 74.9 Å². The Labute approximate surface area is 233 Å². The Morgan fingerprint density at radius 2 is 1.20 bits per heavy atom. The predicted molar refractivity (Wildman–Crippen MR) is 127 cm³/mol. The SMILES string of the molecule is Brc1ccc(C2=CC[C-]=C2)cc1.Brc1ccc2c(c1)[cH-]c1cc(Br)ccc12.[Cl-].[Cl-].[Zr+4]. The van der Waals surface area contributed by atoms with E-state index < -0.39 is 0 Å². The number of hydrogen-bond acceptors (Lipinski definition) is 0. The molecule has 0 nitrogen and oxygen atoms in total. The van der Waals surface area contributed by atoms with Crippen LogP contribution in [-0.2, 0) is 26.2 Å². The molecule has 4 aromatic rings. The van der Waals surface area contributed by atoms with Crippen LogP contribution in [0.4, 0.5) is 0 Å². The van der Waals surface area contributed by atoms with Crippen LogP contribution in [0.2, 0.25) is 0 Å². The van der Waals surface area contributed by atoms with Gasteiger partial charge in [-0.05, 0) is 21.1 Å². The van der Waals surface area contributed by atoms with Crippen LogP contribution in [0.1, 0.15) is 12.0 Å². The van der Waals surface area contributed by atoms with Gasteiger partial charge < -0.3 is 24.8 Å². The average Bonchev–Trinajstić information content (AvgIpc) is 3.29. The first-order valence-electron chi connectivity index (χ1n) is 8.57. The van der Waals surface area contributed by atoms with E-state index in [9.17, 15) is 0 Å². The van der Waals surface area contributed by atoms with Crippen molar-refractivity contribution in [1.82, 2.24) is 0 Å². The Morgan fingerprint density at radius 3 is 1.67 bits per heavy atom. The molecule has 0 bridgehead atoms. The van der Waals surface area contributed by atoms with Crippen molar-refractivity contribution in [2.75, 3.05) is 0 Å². The van der Waals surface area contributed by atoms with Crippen molar-refractivity contribution in [3.8, 4) is 0 Å². The average molecular weight is 705 g/mol. The first-order chi connectivity index (χ1) is 13.1. The van der Waals surface area contributed by atoms with Crippen LogP contribution >= 0.6 is 47.8 Å². The van der Waals surface area contributed by atoms with Crippen molar-refractivity contribution in [2.24, 2.45) is 0 Å². The van der Waals surface area contributed by atoms with Gasteiger partial charge in [0.2, 0.25) is 0 Å². The van der Waals surface area contributed by atoms with Crippen LogP contribution in [0.15, 0.2) is 92.3 Å². The standard InChI is InChI=1S/C13H7Br2.C11H8Br.2ClH.Zr/c14-10-1-3-12-8(6-10)5-9-7-11(15)2-4-13(9)12;12-11-7-5-10(6-8-11)9-3-1-2-4-9;;;/h1-7H;3-8H,1H2;2*1H;/q2*-1;;;+4/p-2. The van der Waals surface area contributed by atoms with Crippen LogP contribution < -0.4 is 24.8 Å². The molecule has 0 aromatic heterocycles. The van der Waals surface area contributed by atoms with Crippen LogP contribution in [0.25, 0.3) is 27.1 Å². The molecule has 6 heteroatoms. The van der Waals surface area contributed by atoms with Gasteiger partial charge in [-0.15, -0.1) is 51.7 Å². The van der Waals surface area contributed by atoms with Gasteiger partial charge in [0.1, 0.15) is 0 Å². The zero-order valence-electron chi connectivity index (χ0n) is 15.6. The molecule has 1 aliphatic carbocycles. The number of fused-ring (bicyclic) bond motifs is 3. The molecule has 0 saturated heterocycles. The Hall–Kier alpha value is -0.0869. The summed E-state index contributed by atoms with van der Waals surface area (Å²) in [5.41, 5.74) is 2.55. The molecule has 5 rings (SSSR count). The Kier molecular flexibility index (Phi) is 11.9. The molecule has 0 spiro atoms. The molecule has 0 saturated carbocycles. The van der Waals surface area contributed by atoms with E-state index in [0.29, 0.717) is 0 Å². The molecule has 4 aromatic carbocycles. The molecule has 150 valence electrons. The van der Waals surface area contributed by atoms with E-state index in [1.807, 2.05) is 6.08 Å². The predicted octanol–water partition coefficient (Wildman–Crippen LogP) is 2.84. The van der Waals surface area contributed by atoms with E-state index in [1.165, 1.54) is 32.7 Å². The molecule has 0 fully saturated rings. The molecule has 30 heavy (non-hydrogen) atoms. The van der Waals surface area contributed by atoms with Gasteiger partial charge in [-0.25, -0.2) is 6.08 Å². The topological polar surface area (TPSA) is 0 Å². The zero-order chi connectivity index (χ0) is 18.8. The van der Waals surface area contributed by atoms with Crippen LogP contribution in [0, 0.1) is 6.08 Å². The normalized spacial score (nSPS) is 11.6. The molecule has 1 aliphatic rings. The minimum absolute atomic E-state index is 0. The summed E-state index contributed by atoms with van der Waals surface area (Å²) >= 11 is 10.4. The molecular weight excluding hydrogens is 690 g/mol. The van der Waals surface area contributed by atoms with Crippen molar-refractivity contribution in [2.45, 2.75) is 6.42 Å². The number of hydrogen-bond donors (Lipinski definition) is 0. The second-order valence-electron chi connectivity index (χ2n) is 6.33. The summed E-state index contributed by atoms with van der Waals surface area (Å²) in [6.07, 6.45) is 8.33. The zero-order valence-corrected chi connectivity index (χ0v) is 24.3. The molecule has 0 amide bonds. The summed E-state index contributed by atoms with van der Waals surface area (Å²) in [4.78, 5) is 0. The molecular formula is C24H15Br3Cl2Zr. The van der Waals surface area contributed by atoms with E-state index in [4.69, 9.17) is 0 Å². The van der Waals surface area contributed by atoms with Gasteiger partial charge in [0.05, 0.1) is 0 Å². The fourth-order valence-corrected chi connectivity index (χ4v) is 4.23. The quantitative estimate of drug-likeness (QED) is 0.268. The fraction of sp³-hybridized carbons (Fsp3) is 0.0417. The summed E-state index contributed by atoms with van der Waals surface area (Å²) in [5, 5.41) is 5.22. The number of rotatable bonds is 1. The molecule has 0 unspecified atom stereocenters. The fourth-order valence-electron chi connectivity index (χ4n) is 3.20. The minimum Gasteiger partial charge on any atom is -1.00 e. The summed E-state index contributed by atoms with van der Waals surface area (Å²) in [5.74, 6) is 0. The minimum atomic E-state index is 0. The van der Waals surface area contributed by atoms with E-state index in [-0.39, 0.29) is 51.0 Å². The first-order valence-corrected chi connectivity index (χ1v) is 10.9. The largest absolute Gasteiger partial charge is 4.00 e. The smallest absolute Gasteiger partial charge is 1.00 e. The van der Waals surface area contributed by atoms with Crippen LogP contribution in [0.3, 0.4) is 0 Å². The van der Waals surface area contributed by atoms with Gasteiger partial charge in [-0.1, -0.05) is 84.2 Å². The van der Waals surface area contributed by atoms with E-state index in [2.05, 4.69) is 127 Å². The summed E-state index contributed by atoms with van der Waals surface area (Å²) in [6, 6.07) is 23.4. The second-order valence-corrected chi connectivity index (χ2v) is 9.07. The van der Waals surface area contributed by atoms with Gasteiger partial charge in [-0.3, -0.25) is 6.08 Å². The first kappa shape index (κ1) is 27.9. The maximum Gasteiger partial charge on any atom is 4.00 e. The third-order valence-electron chi connectivity index (χ3n) is 4.50. The van der Waals surface area contributed by atoms with E-state index in [0.717, 1.165) is 19.8 Å². The van der Waals surface area contributed by atoms with Gasteiger partial charge in [0.25, 0.3) is 0 Å². The monoisotopic (exact) mass is 700 g/mol. The second kappa shape index (κ2) is 12.8. The van der Waals surface area contributed by atoms with Crippen molar-refractivity contribution in [1.29, 1.82) is 0 Å². The van der Waals surface area contributed by atoms with Gasteiger partial charge in [0, 0.05) is 4.47 Å². The summed E-state index contributed by atoms with van der Waals surface area (Å²) in [6.45, 7) is 0. The van der Waals surface area contributed by atoms with Gasteiger partial charge in [-0.2, -0.15) is 11.6 Å². The number of allylic oxidation sites excluding steroid dienone is 4. The van der Waals surface area contributed by atoms with Gasteiger partial charge in [0.15, 0.2) is 0 Å². The molecule has 0 radical (unpaired) electrons. The van der Waals surface area contributed by atoms with Crippen LogP contribution in [0.5, 0.6) is 0 Å². The number of benzene rings is 3. The van der Waals surface area contributed by atoms with Crippen LogP contribution in [-0.4, -0.2) is 0 Å². The molecule has 0 aliphatic heterocycles. The van der Waals surface area contributed by atoms with E-state index >= 15 is 0 Å². The van der Waals surface area contributed by atoms with Crippen molar-refractivity contribution < 1.29 is 51.0 Å². The summed E-state index contributed by atoms with van der Waals surface area (Å²) < 4.78 is 3.38. The summed E-state index contributed by atoms with van der Waals surface area (Å²) in [7, 11) is 0. The molecule has 0 N–H and O–H groups in total. The maximum atomic E-state index is 3.49. The molecule has 0 heterocycles. The van der Waals surface area contributed by atoms with E-state index in [1.54, 1.807) is 0 Å². The number of halogens is 5. The Morgan fingerprint density at radius 1 is 0.700 bits per heavy atom.